The first-order valence-corrected chi connectivity index (χ1v) is 5.77. The van der Waals surface area contributed by atoms with Gasteiger partial charge in [-0.1, -0.05) is 13.3 Å². The second-order valence-corrected chi connectivity index (χ2v) is 5.01. The molecule has 0 saturated heterocycles. The van der Waals surface area contributed by atoms with Crippen molar-refractivity contribution in [2.75, 3.05) is 6.54 Å². The molecule has 2 rings (SSSR count). The van der Waals surface area contributed by atoms with Crippen LogP contribution < -0.4 is 5.32 Å². The van der Waals surface area contributed by atoms with Crippen LogP contribution in [0.2, 0.25) is 0 Å². The summed E-state index contributed by atoms with van der Waals surface area (Å²) in [5.74, 6) is -1.14. The van der Waals surface area contributed by atoms with Crippen molar-refractivity contribution in [2.45, 2.75) is 26.2 Å². The van der Waals surface area contributed by atoms with Gasteiger partial charge in [-0.25, -0.2) is 4.39 Å². The van der Waals surface area contributed by atoms with Gasteiger partial charge in [0.25, 0.3) is 5.91 Å². The van der Waals surface area contributed by atoms with E-state index in [2.05, 4.69) is 12.2 Å². The molecule has 2 N–H and O–H groups in total. The molecule has 0 aromatic heterocycles. The Bertz CT molecular complexity index is 441. The zero-order valence-corrected chi connectivity index (χ0v) is 9.79. The highest BCUT2D eigenvalue weighted by Gasteiger charge is 2.32. The molecule has 1 amide bonds. The monoisotopic (exact) mass is 237 g/mol. The van der Waals surface area contributed by atoms with E-state index in [0.717, 1.165) is 25.0 Å². The van der Waals surface area contributed by atoms with E-state index in [1.807, 2.05) is 0 Å². The molecule has 4 heteroatoms. The van der Waals surface area contributed by atoms with Crippen molar-refractivity contribution in [1.82, 2.24) is 5.32 Å². The molecule has 1 fully saturated rings. The maximum atomic E-state index is 13.0. The number of carbonyl (C=O) groups excluding carboxylic acids is 1. The second kappa shape index (κ2) is 4.35. The Balaban J connectivity index is 2.01. The Morgan fingerprint density at radius 2 is 2.24 bits per heavy atom. The number of carbonyl (C=O) groups is 1. The van der Waals surface area contributed by atoms with Crippen LogP contribution in [0, 0.1) is 11.2 Å². The molecule has 1 aromatic rings. The largest absolute Gasteiger partial charge is 0.507 e. The van der Waals surface area contributed by atoms with Crippen LogP contribution in [0.15, 0.2) is 18.2 Å². The normalized spacial score (nSPS) is 17.3. The van der Waals surface area contributed by atoms with Gasteiger partial charge in [0.1, 0.15) is 11.6 Å². The second-order valence-electron chi connectivity index (χ2n) is 5.01. The van der Waals surface area contributed by atoms with Gasteiger partial charge in [-0.2, -0.15) is 0 Å². The summed E-state index contributed by atoms with van der Waals surface area (Å²) in [4.78, 5) is 11.8. The van der Waals surface area contributed by atoms with E-state index in [-0.39, 0.29) is 16.7 Å². The van der Waals surface area contributed by atoms with Crippen LogP contribution in [0.1, 0.15) is 36.5 Å². The minimum absolute atomic E-state index is 0.00655. The van der Waals surface area contributed by atoms with E-state index in [1.165, 1.54) is 12.5 Å². The van der Waals surface area contributed by atoms with E-state index in [1.54, 1.807) is 0 Å². The lowest BCUT2D eigenvalue weighted by Crippen LogP contribution is -2.39. The first-order valence-electron chi connectivity index (χ1n) is 5.77. The molecule has 0 heterocycles. The van der Waals surface area contributed by atoms with Crippen LogP contribution in [0.4, 0.5) is 4.39 Å². The molecule has 1 saturated carbocycles. The number of aromatic hydroxyl groups is 1. The summed E-state index contributed by atoms with van der Waals surface area (Å²) < 4.78 is 13.0. The Kier molecular flexibility index (Phi) is 3.05. The van der Waals surface area contributed by atoms with Gasteiger partial charge in [0.15, 0.2) is 0 Å². The van der Waals surface area contributed by atoms with Gasteiger partial charge in [-0.05, 0) is 36.5 Å². The summed E-state index contributed by atoms with van der Waals surface area (Å²) >= 11 is 0. The average Bonchev–Trinajstić information content (AvgIpc) is 2.26. The fraction of sp³-hybridized carbons (Fsp3) is 0.462. The van der Waals surface area contributed by atoms with Gasteiger partial charge < -0.3 is 10.4 Å². The topological polar surface area (TPSA) is 49.3 Å². The third-order valence-electron chi connectivity index (χ3n) is 3.44. The lowest BCUT2D eigenvalue weighted by atomic mass is 9.70. The fourth-order valence-electron chi connectivity index (χ4n) is 2.04. The molecule has 0 atom stereocenters. The zero-order valence-electron chi connectivity index (χ0n) is 9.79. The van der Waals surface area contributed by atoms with E-state index in [4.69, 9.17) is 0 Å². The number of amides is 1. The predicted octanol–water partition coefficient (Wildman–Crippen LogP) is 2.45. The van der Waals surface area contributed by atoms with Gasteiger partial charge >= 0.3 is 0 Å². The molecule has 0 radical (unpaired) electrons. The number of hydrogen-bond donors (Lipinski definition) is 2. The van der Waals surface area contributed by atoms with Crippen LogP contribution >= 0.6 is 0 Å². The van der Waals surface area contributed by atoms with Crippen molar-refractivity contribution in [2.24, 2.45) is 5.41 Å². The Labute approximate surface area is 99.7 Å². The number of rotatable bonds is 3. The molecule has 0 unspecified atom stereocenters. The summed E-state index contributed by atoms with van der Waals surface area (Å²) in [5, 5.41) is 12.2. The Hall–Kier alpha value is -1.58. The van der Waals surface area contributed by atoms with E-state index in [9.17, 15) is 14.3 Å². The highest BCUT2D eigenvalue weighted by Crippen LogP contribution is 2.39. The first kappa shape index (κ1) is 11.9. The molecular weight excluding hydrogens is 221 g/mol. The van der Waals surface area contributed by atoms with E-state index >= 15 is 0 Å². The fourth-order valence-corrected chi connectivity index (χ4v) is 2.04. The summed E-state index contributed by atoms with van der Waals surface area (Å²) in [5.41, 5.74) is 0.159. The average molecular weight is 237 g/mol. The number of hydrogen-bond acceptors (Lipinski definition) is 2. The van der Waals surface area contributed by atoms with Crippen LogP contribution in [0.25, 0.3) is 0 Å². The van der Waals surface area contributed by atoms with Gasteiger partial charge in [-0.3, -0.25) is 4.79 Å². The van der Waals surface area contributed by atoms with Crippen molar-refractivity contribution in [3.05, 3.63) is 29.6 Å². The minimum atomic E-state index is -0.525. The van der Waals surface area contributed by atoms with Crippen LogP contribution in [0.5, 0.6) is 5.75 Å². The smallest absolute Gasteiger partial charge is 0.255 e. The third kappa shape index (κ3) is 2.57. The maximum Gasteiger partial charge on any atom is 0.255 e. The van der Waals surface area contributed by atoms with Gasteiger partial charge in [-0.15, -0.1) is 0 Å². The van der Waals surface area contributed by atoms with Gasteiger partial charge in [0.05, 0.1) is 5.56 Å². The minimum Gasteiger partial charge on any atom is -0.507 e. The number of phenolic OH excluding ortho intramolecular Hbond substituents is 1. The molecule has 1 aliphatic rings. The molecule has 1 aromatic carbocycles. The summed E-state index contributed by atoms with van der Waals surface area (Å²) in [6.45, 7) is 2.68. The van der Waals surface area contributed by atoms with E-state index in [0.29, 0.717) is 6.54 Å². The Morgan fingerprint density at radius 3 is 2.82 bits per heavy atom. The standard InChI is InChI=1S/C13H16FNO2/c1-13(5-2-6-13)8-15-12(17)10-7-9(14)3-4-11(10)16/h3-4,7,16H,2,5-6,8H2,1H3,(H,15,17). The molecule has 17 heavy (non-hydrogen) atoms. The summed E-state index contributed by atoms with van der Waals surface area (Å²) in [6.07, 6.45) is 3.39. The van der Waals surface area contributed by atoms with Crippen molar-refractivity contribution >= 4 is 5.91 Å². The first-order chi connectivity index (χ1) is 8.00. The van der Waals surface area contributed by atoms with Crippen LogP contribution in [-0.4, -0.2) is 17.6 Å². The molecule has 92 valence electrons. The van der Waals surface area contributed by atoms with Crippen LogP contribution in [0.3, 0.4) is 0 Å². The Morgan fingerprint density at radius 1 is 1.53 bits per heavy atom. The number of benzene rings is 1. The lowest BCUT2D eigenvalue weighted by Gasteiger charge is -2.38. The highest BCUT2D eigenvalue weighted by atomic mass is 19.1. The molecule has 0 aliphatic heterocycles. The van der Waals surface area contributed by atoms with E-state index < -0.39 is 11.7 Å². The molecule has 0 bridgehead atoms. The molecular formula is C13H16FNO2. The quantitative estimate of drug-likeness (QED) is 0.848. The van der Waals surface area contributed by atoms with Gasteiger partial charge in [0, 0.05) is 6.54 Å². The maximum absolute atomic E-state index is 13.0. The molecule has 0 spiro atoms. The number of phenols is 1. The zero-order chi connectivity index (χ0) is 12.5. The molecule has 3 nitrogen and oxygen atoms in total. The van der Waals surface area contributed by atoms with Crippen molar-refractivity contribution < 1.29 is 14.3 Å². The molecule has 1 aliphatic carbocycles. The summed E-state index contributed by atoms with van der Waals surface area (Å²) in [6, 6.07) is 3.36. The SMILES string of the molecule is CC1(CNC(=O)c2cc(F)ccc2O)CCC1. The number of nitrogens with one attached hydrogen (secondary N) is 1. The van der Waals surface area contributed by atoms with Gasteiger partial charge in [0.2, 0.25) is 0 Å². The third-order valence-corrected chi connectivity index (χ3v) is 3.44. The predicted molar refractivity (Wildman–Crippen MR) is 62.4 cm³/mol. The van der Waals surface area contributed by atoms with Crippen molar-refractivity contribution in [1.29, 1.82) is 0 Å². The lowest BCUT2D eigenvalue weighted by molar-refractivity contribution is 0.0887. The highest BCUT2D eigenvalue weighted by molar-refractivity contribution is 5.96. The van der Waals surface area contributed by atoms with Crippen molar-refractivity contribution in [3.8, 4) is 5.75 Å². The van der Waals surface area contributed by atoms with Crippen LogP contribution in [-0.2, 0) is 0 Å². The summed E-state index contributed by atoms with van der Waals surface area (Å²) in [7, 11) is 0. The number of halogens is 1. The van der Waals surface area contributed by atoms with Crippen molar-refractivity contribution in [3.63, 3.8) is 0 Å².